The molecule has 1 aromatic carbocycles. The first-order valence-corrected chi connectivity index (χ1v) is 8.21. The Bertz CT molecular complexity index is 665. The average molecular weight is 380 g/mol. The molecule has 0 spiro atoms. The largest absolute Gasteiger partial charge is 0.497 e. The molecule has 8 nitrogen and oxygen atoms in total. The van der Waals surface area contributed by atoms with E-state index in [2.05, 4.69) is 0 Å². The van der Waals surface area contributed by atoms with Crippen LogP contribution < -0.4 is 4.74 Å². The zero-order chi connectivity index (χ0) is 20.4. The quantitative estimate of drug-likeness (QED) is 0.507. The van der Waals surface area contributed by atoms with Crippen LogP contribution in [-0.4, -0.2) is 55.0 Å². The maximum absolute atomic E-state index is 11.4. The molecule has 0 amide bonds. The second kappa shape index (κ2) is 11.0. The molecule has 0 saturated heterocycles. The number of hydrogen-bond acceptors (Lipinski definition) is 8. The maximum atomic E-state index is 11.4. The number of carbonyl (C=O) groups excluding carboxylic acids is 3. The number of methoxy groups -OCH3 is 1. The van der Waals surface area contributed by atoms with Crippen LogP contribution in [0.4, 0.5) is 0 Å². The number of benzene rings is 1. The van der Waals surface area contributed by atoms with Crippen LogP contribution in [0.15, 0.2) is 30.3 Å². The fourth-order valence-electron chi connectivity index (χ4n) is 2.18. The molecule has 0 aliphatic rings. The third-order valence-electron chi connectivity index (χ3n) is 3.36. The Morgan fingerprint density at radius 3 is 2.07 bits per heavy atom. The van der Waals surface area contributed by atoms with E-state index < -0.39 is 42.8 Å². The van der Waals surface area contributed by atoms with Gasteiger partial charge < -0.3 is 24.1 Å². The van der Waals surface area contributed by atoms with Crippen LogP contribution in [0.2, 0.25) is 0 Å². The first kappa shape index (κ1) is 22.2. The molecule has 0 aromatic heterocycles. The predicted octanol–water partition coefficient (Wildman–Crippen LogP) is 1.50. The molecular weight excluding hydrogens is 356 g/mol. The maximum Gasteiger partial charge on any atom is 0.303 e. The van der Waals surface area contributed by atoms with E-state index in [0.29, 0.717) is 5.75 Å². The van der Waals surface area contributed by atoms with Crippen LogP contribution in [-0.2, 0) is 28.6 Å². The molecule has 1 N–H and O–H groups in total. The number of aliphatic hydroxyl groups excluding tert-OH is 1. The lowest BCUT2D eigenvalue weighted by Crippen LogP contribution is -2.44. The van der Waals surface area contributed by atoms with Gasteiger partial charge in [-0.05, 0) is 23.8 Å². The summed E-state index contributed by atoms with van der Waals surface area (Å²) in [6, 6.07) is 7.05. The SMILES string of the molecule is COc1ccc(/C=C/[C@@H](OC(C)=O)[C@H](OC(C)=O)[C@H](O)COC(C)=O)cc1. The summed E-state index contributed by atoms with van der Waals surface area (Å²) < 4.78 is 20.1. The summed E-state index contributed by atoms with van der Waals surface area (Å²) in [5, 5.41) is 10.3. The minimum absolute atomic E-state index is 0.415. The third kappa shape index (κ3) is 8.37. The number of rotatable bonds is 9. The van der Waals surface area contributed by atoms with Crippen LogP contribution in [0, 0.1) is 0 Å². The predicted molar refractivity (Wildman–Crippen MR) is 95.8 cm³/mol. The van der Waals surface area contributed by atoms with Crippen molar-refractivity contribution in [3.8, 4) is 5.75 Å². The summed E-state index contributed by atoms with van der Waals surface area (Å²) in [5.41, 5.74) is 0.768. The lowest BCUT2D eigenvalue weighted by molar-refractivity contribution is -0.175. The molecule has 0 radical (unpaired) electrons. The fraction of sp³-hybridized carbons (Fsp3) is 0.421. The molecule has 0 aliphatic carbocycles. The highest BCUT2D eigenvalue weighted by molar-refractivity contribution is 5.68. The van der Waals surface area contributed by atoms with Gasteiger partial charge in [0.15, 0.2) is 12.2 Å². The Kier molecular flexibility index (Phi) is 9.01. The van der Waals surface area contributed by atoms with Crippen molar-refractivity contribution in [3.05, 3.63) is 35.9 Å². The van der Waals surface area contributed by atoms with Gasteiger partial charge in [0.1, 0.15) is 18.5 Å². The number of esters is 3. The van der Waals surface area contributed by atoms with Gasteiger partial charge in [-0.3, -0.25) is 14.4 Å². The Hall–Kier alpha value is -2.87. The summed E-state index contributed by atoms with van der Waals surface area (Å²) in [5.74, 6) is -1.24. The molecule has 27 heavy (non-hydrogen) atoms. The van der Waals surface area contributed by atoms with Gasteiger partial charge in [-0.25, -0.2) is 0 Å². The summed E-state index contributed by atoms with van der Waals surface area (Å²) in [6.07, 6.45) is -0.599. The van der Waals surface area contributed by atoms with Gasteiger partial charge in [0, 0.05) is 20.8 Å². The lowest BCUT2D eigenvalue weighted by Gasteiger charge is -2.27. The third-order valence-corrected chi connectivity index (χ3v) is 3.36. The number of ether oxygens (including phenoxy) is 4. The van der Waals surface area contributed by atoms with Crippen molar-refractivity contribution in [2.24, 2.45) is 0 Å². The molecule has 0 unspecified atom stereocenters. The first-order chi connectivity index (χ1) is 12.7. The summed E-state index contributed by atoms with van der Waals surface area (Å²) in [4.78, 5) is 33.8. The summed E-state index contributed by atoms with van der Waals surface area (Å²) in [6.45, 7) is 3.11. The standard InChI is InChI=1S/C19H24O8/c1-12(20)25-11-17(23)19(27-14(3)22)18(26-13(2)21)10-7-15-5-8-16(24-4)9-6-15/h5-10,17-19,23H,11H2,1-4H3/b10-7+/t17-,18-,19-/m1/s1. The minimum Gasteiger partial charge on any atom is -0.497 e. The highest BCUT2D eigenvalue weighted by Crippen LogP contribution is 2.17. The molecular formula is C19H24O8. The monoisotopic (exact) mass is 380 g/mol. The van der Waals surface area contributed by atoms with Crippen LogP contribution in [0.1, 0.15) is 26.3 Å². The lowest BCUT2D eigenvalue weighted by atomic mass is 10.1. The second-order valence-electron chi connectivity index (χ2n) is 5.65. The molecule has 148 valence electrons. The molecule has 0 fully saturated rings. The molecule has 0 saturated carbocycles. The zero-order valence-electron chi connectivity index (χ0n) is 15.7. The van der Waals surface area contributed by atoms with Gasteiger partial charge in [-0.15, -0.1) is 0 Å². The minimum atomic E-state index is -1.39. The van der Waals surface area contributed by atoms with E-state index in [1.807, 2.05) is 0 Å². The smallest absolute Gasteiger partial charge is 0.303 e. The highest BCUT2D eigenvalue weighted by Gasteiger charge is 2.33. The normalized spacial score (nSPS) is 14.1. The van der Waals surface area contributed by atoms with Gasteiger partial charge in [-0.2, -0.15) is 0 Å². The highest BCUT2D eigenvalue weighted by atomic mass is 16.6. The van der Waals surface area contributed by atoms with Crippen LogP contribution in [0.25, 0.3) is 6.08 Å². The van der Waals surface area contributed by atoms with Crippen molar-refractivity contribution in [3.63, 3.8) is 0 Å². The van der Waals surface area contributed by atoms with Crippen molar-refractivity contribution < 1.29 is 38.4 Å². The Morgan fingerprint density at radius 1 is 1.00 bits per heavy atom. The molecule has 0 aliphatic heterocycles. The second-order valence-corrected chi connectivity index (χ2v) is 5.65. The van der Waals surface area contributed by atoms with Gasteiger partial charge >= 0.3 is 17.9 Å². The van der Waals surface area contributed by atoms with Crippen molar-refractivity contribution in [1.82, 2.24) is 0 Å². The molecule has 3 atom stereocenters. The van der Waals surface area contributed by atoms with E-state index >= 15 is 0 Å². The van der Waals surface area contributed by atoms with E-state index in [9.17, 15) is 19.5 Å². The van der Waals surface area contributed by atoms with E-state index in [0.717, 1.165) is 12.5 Å². The number of aliphatic hydroxyl groups is 1. The van der Waals surface area contributed by atoms with Gasteiger partial charge in [0.2, 0.25) is 0 Å². The van der Waals surface area contributed by atoms with E-state index in [1.165, 1.54) is 19.9 Å². The molecule has 1 rings (SSSR count). The van der Waals surface area contributed by atoms with Crippen molar-refractivity contribution in [2.75, 3.05) is 13.7 Å². The molecule has 1 aromatic rings. The molecule has 0 heterocycles. The number of carbonyl (C=O) groups is 3. The van der Waals surface area contributed by atoms with Crippen LogP contribution >= 0.6 is 0 Å². The summed E-state index contributed by atoms with van der Waals surface area (Å²) >= 11 is 0. The van der Waals surface area contributed by atoms with E-state index in [-0.39, 0.29) is 0 Å². The van der Waals surface area contributed by atoms with E-state index in [1.54, 1.807) is 37.5 Å². The van der Waals surface area contributed by atoms with Gasteiger partial charge in [-0.1, -0.05) is 18.2 Å². The van der Waals surface area contributed by atoms with Gasteiger partial charge in [0.25, 0.3) is 0 Å². The summed E-state index contributed by atoms with van der Waals surface area (Å²) in [7, 11) is 1.55. The van der Waals surface area contributed by atoms with Crippen LogP contribution in [0.3, 0.4) is 0 Å². The van der Waals surface area contributed by atoms with Crippen molar-refractivity contribution >= 4 is 24.0 Å². The van der Waals surface area contributed by atoms with Crippen molar-refractivity contribution in [1.29, 1.82) is 0 Å². The molecule has 8 heteroatoms. The van der Waals surface area contributed by atoms with Crippen LogP contribution in [0.5, 0.6) is 5.75 Å². The van der Waals surface area contributed by atoms with Crippen molar-refractivity contribution in [2.45, 2.75) is 39.1 Å². The fourth-order valence-corrected chi connectivity index (χ4v) is 2.18. The van der Waals surface area contributed by atoms with Gasteiger partial charge in [0.05, 0.1) is 7.11 Å². The molecule has 0 bridgehead atoms. The Balaban J connectivity index is 3.04. The first-order valence-electron chi connectivity index (χ1n) is 8.21. The average Bonchev–Trinajstić information content (AvgIpc) is 2.61. The zero-order valence-corrected chi connectivity index (χ0v) is 15.7. The Morgan fingerprint density at radius 2 is 1.59 bits per heavy atom. The topological polar surface area (TPSA) is 108 Å². The number of hydrogen-bond donors (Lipinski definition) is 1. The Labute approximate surface area is 157 Å². The van der Waals surface area contributed by atoms with E-state index in [4.69, 9.17) is 18.9 Å².